The van der Waals surface area contributed by atoms with E-state index in [1.807, 2.05) is 0 Å². The molecule has 0 spiro atoms. The molecule has 0 aromatic heterocycles. The SMILES string of the molecule is CCNC1(C)CCN(C)CC1.Cl.Cl. The number of hydrogen-bond donors (Lipinski definition) is 1. The fraction of sp³-hybridized carbons (Fsp3) is 1.00. The molecule has 0 amide bonds. The summed E-state index contributed by atoms with van der Waals surface area (Å²) in [7, 11) is 2.20. The van der Waals surface area contributed by atoms with Crippen LogP contribution in [0.15, 0.2) is 0 Å². The second-order valence-corrected chi connectivity index (χ2v) is 3.89. The van der Waals surface area contributed by atoms with E-state index in [9.17, 15) is 0 Å². The van der Waals surface area contributed by atoms with E-state index in [4.69, 9.17) is 0 Å². The van der Waals surface area contributed by atoms with E-state index in [0.717, 1.165) is 6.54 Å². The third-order valence-corrected chi connectivity index (χ3v) is 2.69. The minimum absolute atomic E-state index is 0. The highest BCUT2D eigenvalue weighted by atomic mass is 35.5. The van der Waals surface area contributed by atoms with Gasteiger partial charge in [0.05, 0.1) is 0 Å². The lowest BCUT2D eigenvalue weighted by atomic mass is 9.90. The van der Waals surface area contributed by atoms with E-state index in [0.29, 0.717) is 5.54 Å². The number of hydrogen-bond acceptors (Lipinski definition) is 2. The first-order valence-corrected chi connectivity index (χ1v) is 4.60. The van der Waals surface area contributed by atoms with Crippen molar-refractivity contribution < 1.29 is 0 Å². The van der Waals surface area contributed by atoms with Crippen LogP contribution in [0.1, 0.15) is 26.7 Å². The highest BCUT2D eigenvalue weighted by molar-refractivity contribution is 5.85. The molecule has 1 saturated heterocycles. The van der Waals surface area contributed by atoms with Crippen LogP contribution in [0.25, 0.3) is 0 Å². The van der Waals surface area contributed by atoms with Gasteiger partial charge in [0.2, 0.25) is 0 Å². The Hall–Kier alpha value is 0.500. The zero-order valence-corrected chi connectivity index (χ0v) is 10.4. The highest BCUT2D eigenvalue weighted by Crippen LogP contribution is 2.19. The summed E-state index contributed by atoms with van der Waals surface area (Å²) >= 11 is 0. The summed E-state index contributed by atoms with van der Waals surface area (Å²) in [6, 6.07) is 0. The van der Waals surface area contributed by atoms with Crippen molar-refractivity contribution in [3.63, 3.8) is 0 Å². The van der Waals surface area contributed by atoms with Crippen molar-refractivity contribution in [2.45, 2.75) is 32.2 Å². The average Bonchev–Trinajstić information content (AvgIpc) is 1.97. The average molecular weight is 229 g/mol. The van der Waals surface area contributed by atoms with Crippen LogP contribution in [0.2, 0.25) is 0 Å². The minimum Gasteiger partial charge on any atom is -0.312 e. The van der Waals surface area contributed by atoms with E-state index in [2.05, 4.69) is 31.1 Å². The van der Waals surface area contributed by atoms with E-state index >= 15 is 0 Å². The van der Waals surface area contributed by atoms with E-state index in [-0.39, 0.29) is 24.8 Å². The van der Waals surface area contributed by atoms with E-state index in [1.54, 1.807) is 0 Å². The molecule has 0 aliphatic carbocycles. The number of likely N-dealkylation sites (tertiary alicyclic amines) is 1. The smallest absolute Gasteiger partial charge is 0.0177 e. The van der Waals surface area contributed by atoms with Crippen LogP contribution in [0, 0.1) is 0 Å². The highest BCUT2D eigenvalue weighted by Gasteiger charge is 2.26. The maximum atomic E-state index is 3.55. The van der Waals surface area contributed by atoms with E-state index in [1.165, 1.54) is 25.9 Å². The summed E-state index contributed by atoms with van der Waals surface area (Å²) in [6.07, 6.45) is 2.58. The Balaban J connectivity index is 0. The van der Waals surface area contributed by atoms with Crippen LogP contribution in [-0.2, 0) is 0 Å². The van der Waals surface area contributed by atoms with Gasteiger partial charge in [-0.3, -0.25) is 0 Å². The van der Waals surface area contributed by atoms with Crippen molar-refractivity contribution in [1.29, 1.82) is 0 Å². The van der Waals surface area contributed by atoms with Crippen LogP contribution in [0.4, 0.5) is 0 Å². The predicted octanol–water partition coefficient (Wildman–Crippen LogP) is 1.92. The van der Waals surface area contributed by atoms with Crippen molar-refractivity contribution in [3.8, 4) is 0 Å². The Morgan fingerprint density at radius 3 is 2.08 bits per heavy atom. The summed E-state index contributed by atoms with van der Waals surface area (Å²) in [4.78, 5) is 2.40. The van der Waals surface area contributed by atoms with Gasteiger partial charge in [-0.25, -0.2) is 0 Å². The molecular formula is C9H22Cl2N2. The Morgan fingerprint density at radius 2 is 1.69 bits per heavy atom. The van der Waals surface area contributed by atoms with Gasteiger partial charge in [0, 0.05) is 5.54 Å². The quantitative estimate of drug-likeness (QED) is 0.778. The normalized spacial score (nSPS) is 21.5. The van der Waals surface area contributed by atoms with Crippen molar-refractivity contribution in [2.75, 3.05) is 26.7 Å². The lowest BCUT2D eigenvalue weighted by molar-refractivity contribution is 0.173. The van der Waals surface area contributed by atoms with Gasteiger partial charge in [-0.2, -0.15) is 0 Å². The first-order valence-electron chi connectivity index (χ1n) is 4.60. The summed E-state index contributed by atoms with van der Waals surface area (Å²) in [6.45, 7) is 8.10. The van der Waals surface area contributed by atoms with Crippen LogP contribution < -0.4 is 5.32 Å². The van der Waals surface area contributed by atoms with Gasteiger partial charge in [0.15, 0.2) is 0 Å². The molecule has 1 heterocycles. The van der Waals surface area contributed by atoms with Crippen molar-refractivity contribution in [2.24, 2.45) is 0 Å². The van der Waals surface area contributed by atoms with Gasteiger partial charge in [-0.15, -0.1) is 24.8 Å². The zero-order valence-electron chi connectivity index (χ0n) is 8.80. The zero-order chi connectivity index (χ0) is 8.32. The lowest BCUT2D eigenvalue weighted by Gasteiger charge is -2.38. The number of piperidine rings is 1. The van der Waals surface area contributed by atoms with Crippen LogP contribution >= 0.6 is 24.8 Å². The predicted molar refractivity (Wildman–Crippen MR) is 63.3 cm³/mol. The summed E-state index contributed by atoms with van der Waals surface area (Å²) in [5.41, 5.74) is 0.418. The molecule has 1 N–H and O–H groups in total. The monoisotopic (exact) mass is 228 g/mol. The summed E-state index contributed by atoms with van der Waals surface area (Å²) in [5, 5.41) is 3.55. The Labute approximate surface area is 94.3 Å². The van der Waals surface area contributed by atoms with Crippen molar-refractivity contribution in [3.05, 3.63) is 0 Å². The molecule has 0 saturated carbocycles. The number of halogens is 2. The fourth-order valence-electron chi connectivity index (χ4n) is 1.72. The second kappa shape index (κ2) is 6.88. The van der Waals surface area contributed by atoms with E-state index < -0.39 is 0 Å². The molecule has 0 bridgehead atoms. The third kappa shape index (κ3) is 5.06. The summed E-state index contributed by atoms with van der Waals surface area (Å²) < 4.78 is 0. The molecule has 82 valence electrons. The molecule has 1 aliphatic heterocycles. The van der Waals surface area contributed by atoms with Gasteiger partial charge in [0.1, 0.15) is 0 Å². The largest absolute Gasteiger partial charge is 0.312 e. The number of rotatable bonds is 2. The maximum absolute atomic E-state index is 3.55. The van der Waals surface area contributed by atoms with Gasteiger partial charge >= 0.3 is 0 Å². The number of nitrogens with one attached hydrogen (secondary N) is 1. The molecule has 0 aromatic carbocycles. The van der Waals surface area contributed by atoms with Crippen LogP contribution in [-0.4, -0.2) is 37.1 Å². The van der Waals surface area contributed by atoms with Crippen LogP contribution in [0.3, 0.4) is 0 Å². The van der Waals surface area contributed by atoms with Gasteiger partial charge < -0.3 is 10.2 Å². The topological polar surface area (TPSA) is 15.3 Å². The fourth-order valence-corrected chi connectivity index (χ4v) is 1.72. The first-order chi connectivity index (χ1) is 5.16. The molecule has 0 aromatic rings. The standard InChI is InChI=1S/C9H20N2.2ClH/c1-4-10-9(2)5-7-11(3)8-6-9;;/h10H,4-8H2,1-3H3;2*1H. The molecule has 1 aliphatic rings. The van der Waals surface area contributed by atoms with Crippen molar-refractivity contribution in [1.82, 2.24) is 10.2 Å². The van der Waals surface area contributed by atoms with Gasteiger partial charge in [-0.1, -0.05) is 6.92 Å². The molecular weight excluding hydrogens is 207 g/mol. The Bertz CT molecular complexity index is 123. The third-order valence-electron chi connectivity index (χ3n) is 2.69. The first kappa shape index (κ1) is 15.9. The van der Waals surface area contributed by atoms with Gasteiger partial charge in [0.25, 0.3) is 0 Å². The van der Waals surface area contributed by atoms with Crippen LogP contribution in [0.5, 0.6) is 0 Å². The molecule has 1 rings (SSSR count). The minimum atomic E-state index is 0. The Kier molecular flexibility index (Phi) is 8.44. The molecule has 2 nitrogen and oxygen atoms in total. The molecule has 0 atom stereocenters. The maximum Gasteiger partial charge on any atom is 0.0177 e. The second-order valence-electron chi connectivity index (χ2n) is 3.89. The number of nitrogens with zero attached hydrogens (tertiary/aromatic N) is 1. The lowest BCUT2D eigenvalue weighted by Crippen LogP contribution is -2.50. The molecule has 13 heavy (non-hydrogen) atoms. The molecule has 4 heteroatoms. The summed E-state index contributed by atoms with van der Waals surface area (Å²) in [5.74, 6) is 0. The van der Waals surface area contributed by atoms with Crippen molar-refractivity contribution >= 4 is 24.8 Å². The Morgan fingerprint density at radius 1 is 1.23 bits per heavy atom. The molecule has 1 fully saturated rings. The molecule has 0 radical (unpaired) electrons. The molecule has 0 unspecified atom stereocenters. The van der Waals surface area contributed by atoms with Gasteiger partial charge in [-0.05, 0) is 46.4 Å².